The van der Waals surface area contributed by atoms with Gasteiger partial charge < -0.3 is 5.32 Å². The number of hydrogen-bond donors (Lipinski definition) is 3. The molecule has 0 aliphatic heterocycles. The third kappa shape index (κ3) is 7.21. The molecule has 0 atom stereocenters. The predicted octanol–water partition coefficient (Wildman–Crippen LogP) is 7.17. The van der Waals surface area contributed by atoms with Crippen molar-refractivity contribution < 1.29 is 9.59 Å². The lowest BCUT2D eigenvalue weighted by atomic mass is 10.1. The van der Waals surface area contributed by atoms with Gasteiger partial charge in [0.05, 0.1) is 33.9 Å². The molecule has 0 unspecified atom stereocenters. The average Bonchev–Trinajstić information content (AvgIpc) is 2.99. The van der Waals surface area contributed by atoms with Crippen LogP contribution in [0.4, 0.5) is 11.4 Å². The highest BCUT2D eigenvalue weighted by molar-refractivity contribution is 6.31. The minimum atomic E-state index is -0.414. The van der Waals surface area contributed by atoms with Crippen molar-refractivity contribution in [1.82, 2.24) is 10.9 Å². The van der Waals surface area contributed by atoms with Gasteiger partial charge in [0.25, 0.3) is 11.8 Å². The molecule has 4 aromatic rings. The number of benzene rings is 4. The van der Waals surface area contributed by atoms with E-state index in [1.165, 1.54) is 0 Å². The summed E-state index contributed by atoms with van der Waals surface area (Å²) < 4.78 is 0. The van der Waals surface area contributed by atoms with Gasteiger partial charge in [-0.2, -0.15) is 10.2 Å². The molecule has 0 saturated heterocycles. The van der Waals surface area contributed by atoms with Crippen LogP contribution in [-0.2, 0) is 0 Å². The first-order valence-corrected chi connectivity index (χ1v) is 13.4. The number of hydrazone groups is 2. The minimum Gasteiger partial charge on any atom is -0.354 e. The molecule has 0 bridgehead atoms. The summed E-state index contributed by atoms with van der Waals surface area (Å²) in [6, 6.07) is 31.2. The Morgan fingerprint density at radius 2 is 1.10 bits per heavy atom. The normalized spacial score (nSPS) is 11.6. The van der Waals surface area contributed by atoms with Crippen LogP contribution in [0.1, 0.15) is 58.5 Å². The lowest BCUT2D eigenvalue weighted by Gasteiger charge is -2.15. The Kier molecular flexibility index (Phi) is 9.80. The fourth-order valence-electron chi connectivity index (χ4n) is 4.07. The van der Waals surface area contributed by atoms with Gasteiger partial charge in [0.15, 0.2) is 0 Å². The maximum absolute atomic E-state index is 13.2. The summed E-state index contributed by atoms with van der Waals surface area (Å²) in [6.45, 7) is 3.95. The van der Waals surface area contributed by atoms with E-state index in [-0.39, 0.29) is 0 Å². The summed E-state index contributed by atoms with van der Waals surface area (Å²) in [5.41, 5.74) is 10.3. The number of carbonyl (C=O) groups excluding carboxylic acids is 2. The van der Waals surface area contributed by atoms with Crippen LogP contribution in [0.3, 0.4) is 0 Å². The highest BCUT2D eigenvalue weighted by Gasteiger charge is 2.16. The maximum Gasteiger partial charge on any atom is 0.273 e. The zero-order valence-electron chi connectivity index (χ0n) is 22.3. The van der Waals surface area contributed by atoms with Gasteiger partial charge in [0.1, 0.15) is 0 Å². The predicted molar refractivity (Wildman–Crippen MR) is 163 cm³/mol. The highest BCUT2D eigenvalue weighted by atomic mass is 35.5. The van der Waals surface area contributed by atoms with E-state index in [9.17, 15) is 9.59 Å². The lowest BCUT2D eigenvalue weighted by molar-refractivity contribution is 0.0948. The molecular formula is C32H30ClN5O2. The average molecular weight is 552 g/mol. The van der Waals surface area contributed by atoms with Crippen molar-refractivity contribution in [3.8, 4) is 0 Å². The SMILES string of the molecule is CC/C(=N\NC(=O)c1ccccc1Nc1cc(Cl)ccc1C(=O)N/N=C(\CC)c1ccccc1)c1ccccc1. The van der Waals surface area contributed by atoms with Crippen LogP contribution in [0, 0.1) is 0 Å². The van der Waals surface area contributed by atoms with Gasteiger partial charge in [0, 0.05) is 5.02 Å². The van der Waals surface area contributed by atoms with Crippen LogP contribution in [0.2, 0.25) is 5.02 Å². The zero-order chi connectivity index (χ0) is 28.3. The maximum atomic E-state index is 13.2. The zero-order valence-corrected chi connectivity index (χ0v) is 23.1. The molecule has 202 valence electrons. The monoisotopic (exact) mass is 551 g/mol. The second-order valence-electron chi connectivity index (χ2n) is 8.80. The Labute approximate surface area is 239 Å². The Hall–Kier alpha value is -4.75. The molecule has 4 aromatic carbocycles. The van der Waals surface area contributed by atoms with E-state index >= 15 is 0 Å². The van der Waals surface area contributed by atoms with Crippen LogP contribution in [0.25, 0.3) is 0 Å². The summed E-state index contributed by atoms with van der Waals surface area (Å²) in [5.74, 6) is -0.805. The Morgan fingerprint density at radius 1 is 0.625 bits per heavy atom. The summed E-state index contributed by atoms with van der Waals surface area (Å²) in [5, 5.41) is 12.4. The van der Waals surface area contributed by atoms with E-state index in [0.717, 1.165) is 22.6 Å². The molecule has 3 N–H and O–H groups in total. The number of nitrogens with zero attached hydrogens (tertiary/aromatic N) is 2. The molecule has 0 aliphatic carbocycles. The van der Waals surface area contributed by atoms with Crippen molar-refractivity contribution in [1.29, 1.82) is 0 Å². The van der Waals surface area contributed by atoms with Crippen LogP contribution < -0.4 is 16.2 Å². The van der Waals surface area contributed by atoms with Crippen molar-refractivity contribution in [3.05, 3.63) is 130 Å². The van der Waals surface area contributed by atoms with Crippen LogP contribution in [0.15, 0.2) is 113 Å². The van der Waals surface area contributed by atoms with Crippen molar-refractivity contribution in [2.45, 2.75) is 26.7 Å². The van der Waals surface area contributed by atoms with Gasteiger partial charge in [-0.1, -0.05) is 98.2 Å². The van der Waals surface area contributed by atoms with E-state index in [1.54, 1.807) is 42.5 Å². The van der Waals surface area contributed by atoms with E-state index in [2.05, 4.69) is 26.4 Å². The van der Waals surface area contributed by atoms with Crippen molar-refractivity contribution >= 4 is 46.2 Å². The largest absolute Gasteiger partial charge is 0.354 e. The molecule has 4 rings (SSSR count). The van der Waals surface area contributed by atoms with Crippen molar-refractivity contribution in [2.75, 3.05) is 5.32 Å². The topological polar surface area (TPSA) is 95.0 Å². The number of halogens is 1. The molecule has 0 aromatic heterocycles. The van der Waals surface area contributed by atoms with Gasteiger partial charge in [-0.05, 0) is 54.3 Å². The van der Waals surface area contributed by atoms with Gasteiger partial charge in [0.2, 0.25) is 0 Å². The summed E-state index contributed by atoms with van der Waals surface area (Å²) >= 11 is 6.28. The fourth-order valence-corrected chi connectivity index (χ4v) is 4.24. The Morgan fingerprint density at radius 3 is 1.62 bits per heavy atom. The molecular weight excluding hydrogens is 522 g/mol. The van der Waals surface area contributed by atoms with E-state index < -0.39 is 11.8 Å². The van der Waals surface area contributed by atoms with Gasteiger partial charge in [-0.15, -0.1) is 0 Å². The first-order chi connectivity index (χ1) is 19.5. The standard InChI is InChI=1S/C32H30ClN5O2/c1-3-27(22-13-7-5-8-14-22)35-37-31(39)25-17-11-12-18-29(25)34-30-21-24(33)19-20-26(30)32(40)38-36-28(4-2)23-15-9-6-10-16-23/h5-21,34H,3-4H2,1-2H3,(H,37,39)(H,38,40)/b35-27+,36-28+. The van der Waals surface area contributed by atoms with Gasteiger partial charge in [-0.25, -0.2) is 10.9 Å². The third-order valence-corrected chi connectivity index (χ3v) is 6.37. The van der Waals surface area contributed by atoms with E-state index in [4.69, 9.17) is 11.6 Å². The summed E-state index contributed by atoms with van der Waals surface area (Å²) in [4.78, 5) is 26.3. The van der Waals surface area contributed by atoms with Crippen molar-refractivity contribution in [2.24, 2.45) is 10.2 Å². The van der Waals surface area contributed by atoms with Crippen molar-refractivity contribution in [3.63, 3.8) is 0 Å². The van der Waals surface area contributed by atoms with Gasteiger partial charge in [-0.3, -0.25) is 9.59 Å². The van der Waals surface area contributed by atoms with Crippen LogP contribution in [-0.4, -0.2) is 23.2 Å². The molecule has 0 spiro atoms. The number of amides is 2. The fraction of sp³-hybridized carbons (Fsp3) is 0.125. The number of hydrogen-bond acceptors (Lipinski definition) is 5. The number of nitrogens with one attached hydrogen (secondary N) is 3. The molecule has 0 fully saturated rings. The minimum absolute atomic E-state index is 0.322. The second-order valence-corrected chi connectivity index (χ2v) is 9.23. The quantitative estimate of drug-likeness (QED) is 0.144. The Bertz CT molecular complexity index is 1540. The first-order valence-electron chi connectivity index (χ1n) is 13.0. The molecule has 40 heavy (non-hydrogen) atoms. The molecule has 0 saturated carbocycles. The number of para-hydroxylation sites is 1. The lowest BCUT2D eigenvalue weighted by Crippen LogP contribution is -2.22. The third-order valence-electron chi connectivity index (χ3n) is 6.14. The molecule has 0 radical (unpaired) electrons. The first kappa shape index (κ1) is 28.3. The highest BCUT2D eigenvalue weighted by Crippen LogP contribution is 2.27. The summed E-state index contributed by atoms with van der Waals surface area (Å²) in [6.07, 6.45) is 1.29. The molecule has 8 heteroatoms. The van der Waals surface area contributed by atoms with Crippen LogP contribution >= 0.6 is 11.6 Å². The second kappa shape index (κ2) is 13.9. The molecule has 2 amide bonds. The number of carbonyl (C=O) groups is 2. The molecule has 7 nitrogen and oxygen atoms in total. The van der Waals surface area contributed by atoms with Gasteiger partial charge >= 0.3 is 0 Å². The van der Waals surface area contributed by atoms with E-state index in [1.807, 2.05) is 74.5 Å². The Balaban J connectivity index is 1.56. The summed E-state index contributed by atoms with van der Waals surface area (Å²) in [7, 11) is 0. The van der Waals surface area contributed by atoms with E-state index in [0.29, 0.717) is 40.4 Å². The number of rotatable bonds is 10. The smallest absolute Gasteiger partial charge is 0.273 e. The molecule has 0 heterocycles. The molecule has 0 aliphatic rings. The number of anilines is 2. The van der Waals surface area contributed by atoms with Crippen LogP contribution in [0.5, 0.6) is 0 Å².